The molecule has 0 aromatic carbocycles. The number of nitrogens with zero attached hydrogens (tertiary/aromatic N) is 2. The highest BCUT2D eigenvalue weighted by Gasteiger charge is 2.02. The van der Waals surface area contributed by atoms with Crippen molar-refractivity contribution in [1.82, 2.24) is 4.98 Å². The molecule has 0 fully saturated rings. The van der Waals surface area contributed by atoms with Gasteiger partial charge in [-0.1, -0.05) is 11.6 Å². The topological polar surface area (TPSA) is 36.4 Å². The van der Waals surface area contributed by atoms with E-state index in [1.54, 1.807) is 12.3 Å². The van der Waals surface area contributed by atoms with Crippen molar-refractivity contribution in [2.45, 2.75) is 6.61 Å². The number of aliphatic hydroxyl groups is 1. The Labute approximate surface area is 76.6 Å². The zero-order valence-electron chi connectivity index (χ0n) is 7.08. The molecule has 0 radical (unpaired) electrons. The van der Waals surface area contributed by atoms with Gasteiger partial charge in [-0.15, -0.1) is 0 Å². The Morgan fingerprint density at radius 1 is 1.58 bits per heavy atom. The van der Waals surface area contributed by atoms with Gasteiger partial charge in [-0.3, -0.25) is 0 Å². The number of hydrogen-bond donors (Lipinski definition) is 1. The minimum atomic E-state index is -0.0534. The lowest BCUT2D eigenvalue weighted by atomic mass is 10.3. The molecule has 0 aliphatic rings. The maximum absolute atomic E-state index is 8.89. The highest BCUT2D eigenvalue weighted by molar-refractivity contribution is 6.31. The molecule has 66 valence electrons. The molecule has 0 bridgehead atoms. The van der Waals surface area contributed by atoms with Gasteiger partial charge >= 0.3 is 0 Å². The zero-order valence-corrected chi connectivity index (χ0v) is 7.84. The lowest BCUT2D eigenvalue weighted by Crippen LogP contribution is -2.10. The van der Waals surface area contributed by atoms with Gasteiger partial charge in [-0.05, 0) is 6.07 Å². The summed E-state index contributed by atoms with van der Waals surface area (Å²) in [7, 11) is 3.77. The Morgan fingerprint density at radius 2 is 2.25 bits per heavy atom. The number of aromatic nitrogens is 1. The molecular formula is C8H11ClN2O. The fraction of sp³-hybridized carbons (Fsp3) is 0.375. The Balaban J connectivity index is 3.05. The van der Waals surface area contributed by atoms with E-state index in [2.05, 4.69) is 4.98 Å². The average Bonchev–Trinajstić information content (AvgIpc) is 2.05. The van der Waals surface area contributed by atoms with Crippen molar-refractivity contribution in [1.29, 1.82) is 0 Å². The van der Waals surface area contributed by atoms with E-state index in [0.717, 1.165) is 5.82 Å². The molecule has 1 heterocycles. The van der Waals surface area contributed by atoms with Gasteiger partial charge in [0.1, 0.15) is 5.82 Å². The molecule has 0 atom stereocenters. The standard InChI is InChI=1S/C8H11ClN2O/c1-11(2)8-3-6(5-12)7(9)4-10-8/h3-4,12H,5H2,1-2H3. The maximum Gasteiger partial charge on any atom is 0.128 e. The normalized spacial score (nSPS) is 10.0. The predicted octanol–water partition coefficient (Wildman–Crippen LogP) is 1.29. The van der Waals surface area contributed by atoms with Gasteiger partial charge in [0.25, 0.3) is 0 Å². The van der Waals surface area contributed by atoms with Crippen molar-refractivity contribution in [2.75, 3.05) is 19.0 Å². The quantitative estimate of drug-likeness (QED) is 0.757. The molecule has 1 aromatic heterocycles. The Kier molecular flexibility index (Phi) is 2.89. The lowest BCUT2D eigenvalue weighted by molar-refractivity contribution is 0.282. The van der Waals surface area contributed by atoms with Gasteiger partial charge in [-0.25, -0.2) is 4.98 Å². The van der Waals surface area contributed by atoms with Crippen LogP contribution in [0.15, 0.2) is 12.3 Å². The minimum absolute atomic E-state index is 0.0534. The first-order valence-corrected chi connectivity index (χ1v) is 3.95. The molecule has 1 rings (SSSR count). The highest BCUT2D eigenvalue weighted by Crippen LogP contribution is 2.18. The molecule has 0 spiro atoms. The summed E-state index contributed by atoms with van der Waals surface area (Å²) < 4.78 is 0. The van der Waals surface area contributed by atoms with Crippen LogP contribution in [0.5, 0.6) is 0 Å². The summed E-state index contributed by atoms with van der Waals surface area (Å²) >= 11 is 5.76. The SMILES string of the molecule is CN(C)c1cc(CO)c(Cl)cn1. The van der Waals surface area contributed by atoms with Gasteiger partial charge in [0.2, 0.25) is 0 Å². The number of halogens is 1. The Hall–Kier alpha value is -0.800. The fourth-order valence-electron chi connectivity index (χ4n) is 0.834. The molecule has 1 N–H and O–H groups in total. The van der Waals surface area contributed by atoms with E-state index in [1.165, 1.54) is 0 Å². The van der Waals surface area contributed by atoms with Crippen LogP contribution in [0.1, 0.15) is 5.56 Å². The summed E-state index contributed by atoms with van der Waals surface area (Å²) in [6.45, 7) is -0.0534. The summed E-state index contributed by atoms with van der Waals surface area (Å²) in [5.41, 5.74) is 0.704. The van der Waals surface area contributed by atoms with Gasteiger partial charge in [0.15, 0.2) is 0 Å². The zero-order chi connectivity index (χ0) is 9.14. The molecule has 3 nitrogen and oxygen atoms in total. The summed E-state index contributed by atoms with van der Waals surface area (Å²) in [6, 6.07) is 1.77. The third-order valence-corrected chi connectivity index (χ3v) is 1.89. The second-order valence-electron chi connectivity index (χ2n) is 2.69. The van der Waals surface area contributed by atoms with E-state index in [1.807, 2.05) is 19.0 Å². The largest absolute Gasteiger partial charge is 0.392 e. The van der Waals surface area contributed by atoms with E-state index in [9.17, 15) is 0 Å². The molecule has 0 aliphatic carbocycles. The summed E-state index contributed by atoms with van der Waals surface area (Å²) in [6.07, 6.45) is 1.54. The first-order valence-electron chi connectivity index (χ1n) is 3.57. The van der Waals surface area contributed by atoms with E-state index >= 15 is 0 Å². The molecule has 0 saturated carbocycles. The molecule has 4 heteroatoms. The van der Waals surface area contributed by atoms with Crippen LogP contribution in [-0.2, 0) is 6.61 Å². The van der Waals surface area contributed by atoms with Crippen molar-refractivity contribution < 1.29 is 5.11 Å². The number of anilines is 1. The monoisotopic (exact) mass is 186 g/mol. The van der Waals surface area contributed by atoms with E-state index in [-0.39, 0.29) is 6.61 Å². The van der Waals surface area contributed by atoms with E-state index in [0.29, 0.717) is 10.6 Å². The molecule has 12 heavy (non-hydrogen) atoms. The Bertz CT molecular complexity index is 276. The molecule has 0 amide bonds. The third-order valence-electron chi connectivity index (χ3n) is 1.55. The summed E-state index contributed by atoms with van der Waals surface area (Å²) in [5.74, 6) is 0.795. The van der Waals surface area contributed by atoms with Crippen molar-refractivity contribution in [3.63, 3.8) is 0 Å². The molecular weight excluding hydrogens is 176 g/mol. The second kappa shape index (κ2) is 3.74. The number of aliphatic hydroxyl groups excluding tert-OH is 1. The van der Waals surface area contributed by atoms with Crippen LogP contribution in [0.2, 0.25) is 5.02 Å². The van der Waals surface area contributed by atoms with Crippen molar-refractivity contribution in [2.24, 2.45) is 0 Å². The molecule has 0 unspecified atom stereocenters. The van der Waals surface area contributed by atoms with Crippen molar-refractivity contribution in [3.8, 4) is 0 Å². The Morgan fingerprint density at radius 3 is 2.75 bits per heavy atom. The first kappa shape index (κ1) is 9.29. The maximum atomic E-state index is 8.89. The van der Waals surface area contributed by atoms with E-state index in [4.69, 9.17) is 16.7 Å². The predicted molar refractivity (Wildman–Crippen MR) is 49.5 cm³/mol. The minimum Gasteiger partial charge on any atom is -0.392 e. The van der Waals surface area contributed by atoms with Crippen LogP contribution < -0.4 is 4.90 Å². The van der Waals surface area contributed by atoms with Gasteiger partial charge in [0, 0.05) is 25.9 Å². The van der Waals surface area contributed by atoms with Crippen LogP contribution in [0.25, 0.3) is 0 Å². The van der Waals surface area contributed by atoms with Crippen LogP contribution in [0.3, 0.4) is 0 Å². The summed E-state index contributed by atoms with van der Waals surface area (Å²) in [5, 5.41) is 9.40. The van der Waals surface area contributed by atoms with Gasteiger partial charge in [-0.2, -0.15) is 0 Å². The van der Waals surface area contributed by atoms with Crippen LogP contribution in [0, 0.1) is 0 Å². The number of pyridine rings is 1. The van der Waals surface area contributed by atoms with Crippen molar-refractivity contribution in [3.05, 3.63) is 22.8 Å². The second-order valence-corrected chi connectivity index (χ2v) is 3.09. The third kappa shape index (κ3) is 1.87. The van der Waals surface area contributed by atoms with Crippen LogP contribution >= 0.6 is 11.6 Å². The average molecular weight is 187 g/mol. The van der Waals surface area contributed by atoms with E-state index < -0.39 is 0 Å². The van der Waals surface area contributed by atoms with Crippen molar-refractivity contribution >= 4 is 17.4 Å². The molecule has 0 saturated heterocycles. The summed E-state index contributed by atoms with van der Waals surface area (Å²) in [4.78, 5) is 5.93. The molecule has 1 aromatic rings. The smallest absolute Gasteiger partial charge is 0.128 e. The number of rotatable bonds is 2. The highest BCUT2D eigenvalue weighted by atomic mass is 35.5. The number of hydrogen-bond acceptors (Lipinski definition) is 3. The van der Waals surface area contributed by atoms with Gasteiger partial charge in [0.05, 0.1) is 11.6 Å². The molecule has 0 aliphatic heterocycles. The van der Waals surface area contributed by atoms with Crippen LogP contribution in [-0.4, -0.2) is 24.2 Å². The lowest BCUT2D eigenvalue weighted by Gasteiger charge is -2.12. The first-order chi connectivity index (χ1) is 5.65. The fourth-order valence-corrected chi connectivity index (χ4v) is 0.997. The van der Waals surface area contributed by atoms with Crippen LogP contribution in [0.4, 0.5) is 5.82 Å². The van der Waals surface area contributed by atoms with Gasteiger partial charge < -0.3 is 10.0 Å².